The van der Waals surface area contributed by atoms with Gasteiger partial charge in [0.15, 0.2) is 0 Å². The lowest BCUT2D eigenvalue weighted by Gasteiger charge is -2.36. The van der Waals surface area contributed by atoms with E-state index in [1.807, 2.05) is 4.90 Å². The number of carbonyl (C=O) groups is 2. The lowest BCUT2D eigenvalue weighted by Crippen LogP contribution is -2.50. The average Bonchev–Trinajstić information content (AvgIpc) is 3.71. The highest BCUT2D eigenvalue weighted by Gasteiger charge is 2.45. The van der Waals surface area contributed by atoms with E-state index in [0.717, 1.165) is 49.9 Å². The molecule has 3 aromatic carbocycles. The highest BCUT2D eigenvalue weighted by Crippen LogP contribution is 2.46. The maximum Gasteiger partial charge on any atom is 0.416 e. The van der Waals surface area contributed by atoms with Crippen LogP contribution in [0.2, 0.25) is 0 Å². The number of rotatable bonds is 15. The Morgan fingerprint density at radius 1 is 1.04 bits per heavy atom. The van der Waals surface area contributed by atoms with Crippen LogP contribution in [0.5, 0.6) is 0 Å². The monoisotopic (exact) mass is 774 g/mol. The SMILES string of the molecule is CCCC(CCC)N1CCc2c(C(=O)N[C@@H](Cc3cc(F)cc(F)c3)[C@H](O)CNC3(c4cccc(C(F)(F)F)c4)CC3)cc(-c3ncco3)cc2C1=O.Cl. The summed E-state index contributed by atoms with van der Waals surface area (Å²) in [4.78, 5) is 34.5. The van der Waals surface area contributed by atoms with Crippen LogP contribution in [-0.4, -0.2) is 58.1 Å². The molecule has 1 aliphatic carbocycles. The summed E-state index contributed by atoms with van der Waals surface area (Å²) in [5, 5.41) is 17.6. The molecule has 0 bridgehead atoms. The second kappa shape index (κ2) is 17.0. The third kappa shape index (κ3) is 9.13. The van der Waals surface area contributed by atoms with Crippen molar-refractivity contribution in [2.45, 2.75) is 95.1 Å². The summed E-state index contributed by atoms with van der Waals surface area (Å²) in [6, 6.07) is 10.1. The predicted octanol–water partition coefficient (Wildman–Crippen LogP) is 8.01. The van der Waals surface area contributed by atoms with Crippen molar-refractivity contribution in [2.24, 2.45) is 0 Å². The second-order valence-electron chi connectivity index (χ2n) is 14.0. The highest BCUT2D eigenvalue weighted by atomic mass is 35.5. The number of aromatic nitrogens is 1. The number of hydrogen-bond acceptors (Lipinski definition) is 6. The number of amides is 2. The van der Waals surface area contributed by atoms with Gasteiger partial charge in [-0.05, 0) is 91.6 Å². The Morgan fingerprint density at radius 3 is 2.35 bits per heavy atom. The van der Waals surface area contributed by atoms with Crippen molar-refractivity contribution in [3.63, 3.8) is 0 Å². The fourth-order valence-corrected chi connectivity index (χ4v) is 7.42. The van der Waals surface area contributed by atoms with Crippen molar-refractivity contribution < 1.29 is 41.1 Å². The summed E-state index contributed by atoms with van der Waals surface area (Å²) in [6.45, 7) is 4.40. The molecule has 2 amide bonds. The summed E-state index contributed by atoms with van der Waals surface area (Å²) in [7, 11) is 0. The fourth-order valence-electron chi connectivity index (χ4n) is 7.42. The van der Waals surface area contributed by atoms with Crippen molar-refractivity contribution in [1.82, 2.24) is 20.5 Å². The number of halogens is 6. The first-order chi connectivity index (χ1) is 25.3. The molecule has 0 unspecified atom stereocenters. The quantitative estimate of drug-likeness (QED) is 0.106. The van der Waals surface area contributed by atoms with E-state index in [-0.39, 0.29) is 54.3 Å². The Morgan fingerprint density at radius 2 is 1.74 bits per heavy atom. The van der Waals surface area contributed by atoms with Gasteiger partial charge in [0.1, 0.15) is 17.9 Å². The van der Waals surface area contributed by atoms with Crippen LogP contribution < -0.4 is 10.6 Å². The van der Waals surface area contributed by atoms with Crippen LogP contribution in [0.25, 0.3) is 11.5 Å². The number of hydrogen-bond donors (Lipinski definition) is 3. The molecule has 1 aromatic heterocycles. The van der Waals surface area contributed by atoms with E-state index in [1.54, 1.807) is 18.2 Å². The van der Waals surface area contributed by atoms with Gasteiger partial charge in [0.2, 0.25) is 5.89 Å². The first-order valence-electron chi connectivity index (χ1n) is 18.1. The first kappa shape index (κ1) is 40.8. The number of nitrogens with one attached hydrogen (secondary N) is 2. The molecule has 290 valence electrons. The van der Waals surface area contributed by atoms with Crippen molar-refractivity contribution in [3.8, 4) is 11.5 Å². The van der Waals surface area contributed by atoms with Crippen LogP contribution in [0.15, 0.2) is 71.5 Å². The highest BCUT2D eigenvalue weighted by molar-refractivity contribution is 6.04. The van der Waals surface area contributed by atoms with Gasteiger partial charge in [-0.15, -0.1) is 12.4 Å². The van der Waals surface area contributed by atoms with Crippen LogP contribution in [0.4, 0.5) is 22.0 Å². The van der Waals surface area contributed by atoms with E-state index in [4.69, 9.17) is 4.42 Å². The zero-order chi connectivity index (χ0) is 37.9. The molecule has 0 spiro atoms. The minimum Gasteiger partial charge on any atom is -0.445 e. The van der Waals surface area contributed by atoms with Gasteiger partial charge >= 0.3 is 6.18 Å². The van der Waals surface area contributed by atoms with Crippen LogP contribution in [0.1, 0.15) is 95.3 Å². The maximum absolute atomic E-state index is 14.3. The number of alkyl halides is 3. The molecule has 14 heteroatoms. The Hall–Kier alpha value is -4.33. The zero-order valence-corrected chi connectivity index (χ0v) is 30.8. The third-order valence-electron chi connectivity index (χ3n) is 10.3. The molecule has 1 fully saturated rings. The van der Waals surface area contributed by atoms with Gasteiger partial charge in [-0.1, -0.05) is 38.8 Å². The van der Waals surface area contributed by atoms with Gasteiger partial charge in [0.25, 0.3) is 11.8 Å². The smallest absolute Gasteiger partial charge is 0.416 e. The molecule has 1 saturated carbocycles. The number of nitrogens with zero attached hydrogens (tertiary/aromatic N) is 2. The normalized spacial score (nSPS) is 16.1. The predicted molar refractivity (Wildman–Crippen MR) is 195 cm³/mol. The summed E-state index contributed by atoms with van der Waals surface area (Å²) in [6.07, 6.45) is 1.70. The van der Waals surface area contributed by atoms with Crippen LogP contribution in [-0.2, 0) is 24.6 Å². The third-order valence-corrected chi connectivity index (χ3v) is 10.3. The zero-order valence-electron chi connectivity index (χ0n) is 30.0. The van der Waals surface area contributed by atoms with E-state index in [2.05, 4.69) is 29.5 Å². The lowest BCUT2D eigenvalue weighted by molar-refractivity contribution is -0.137. The molecular weight excluding hydrogens is 731 g/mol. The van der Waals surface area contributed by atoms with Crippen molar-refractivity contribution in [1.29, 1.82) is 0 Å². The standard InChI is InChI=1S/C40H43F5N4O4.ClH/c1-3-6-30(7-4-2)49-14-10-31-32(19-25(20-33(31)38(49)52)37-46-13-15-53-37)36(51)48-34(18-24-16-28(41)22-29(42)17-24)35(50)23-47-39(11-12-39)26-8-5-9-27(21-26)40(43,44)45;/h5,8-9,13,15-17,19-22,30,34-35,47,50H,3-4,6-7,10-12,14,18,23H2,1-2H3,(H,48,51);1H/t34-,35+;/m0./s1. The fraction of sp³-hybridized carbons (Fsp3) is 0.425. The summed E-state index contributed by atoms with van der Waals surface area (Å²) >= 11 is 0. The van der Waals surface area contributed by atoms with E-state index >= 15 is 0 Å². The number of carbonyl (C=O) groups excluding carboxylic acids is 2. The largest absolute Gasteiger partial charge is 0.445 e. The Labute approximate surface area is 316 Å². The van der Waals surface area contributed by atoms with Gasteiger partial charge < -0.3 is 25.1 Å². The van der Waals surface area contributed by atoms with Crippen LogP contribution in [0.3, 0.4) is 0 Å². The average molecular weight is 775 g/mol. The van der Waals surface area contributed by atoms with E-state index < -0.39 is 47.0 Å². The molecule has 0 saturated heterocycles. The maximum atomic E-state index is 14.3. The number of aliphatic hydroxyl groups is 1. The first-order valence-corrected chi connectivity index (χ1v) is 18.1. The molecule has 1 aliphatic heterocycles. The van der Waals surface area contributed by atoms with Crippen molar-refractivity contribution in [3.05, 3.63) is 112 Å². The van der Waals surface area contributed by atoms with Gasteiger partial charge in [0.05, 0.1) is 23.9 Å². The molecule has 8 nitrogen and oxygen atoms in total. The molecule has 6 rings (SSSR count). The molecular formula is C40H44ClF5N4O4. The number of aliphatic hydroxyl groups excluding tert-OH is 1. The van der Waals surface area contributed by atoms with E-state index in [1.165, 1.54) is 18.5 Å². The Bertz CT molecular complexity index is 1910. The van der Waals surface area contributed by atoms with E-state index in [0.29, 0.717) is 54.1 Å². The minimum atomic E-state index is -4.53. The van der Waals surface area contributed by atoms with Crippen LogP contribution in [0, 0.1) is 11.6 Å². The topological polar surface area (TPSA) is 108 Å². The minimum absolute atomic E-state index is 0. The number of fused-ring (bicyclic) bond motifs is 1. The summed E-state index contributed by atoms with van der Waals surface area (Å²) in [5.74, 6) is -2.31. The van der Waals surface area contributed by atoms with Crippen molar-refractivity contribution in [2.75, 3.05) is 13.1 Å². The summed E-state index contributed by atoms with van der Waals surface area (Å²) < 4.78 is 74.6. The molecule has 2 aliphatic rings. The molecule has 0 radical (unpaired) electrons. The molecule has 2 atom stereocenters. The second-order valence-corrected chi connectivity index (χ2v) is 14.0. The molecule has 2 heterocycles. The number of benzene rings is 3. The van der Waals surface area contributed by atoms with Gasteiger partial charge in [-0.3, -0.25) is 9.59 Å². The van der Waals surface area contributed by atoms with E-state index in [9.17, 15) is 36.6 Å². The summed E-state index contributed by atoms with van der Waals surface area (Å²) in [5.41, 5.74) is 0.429. The van der Waals surface area contributed by atoms with Crippen LogP contribution >= 0.6 is 12.4 Å². The molecule has 54 heavy (non-hydrogen) atoms. The Balaban J connectivity index is 0.00000561. The molecule has 3 N–H and O–H groups in total. The molecule has 4 aromatic rings. The lowest BCUT2D eigenvalue weighted by atomic mass is 9.89. The Kier molecular flexibility index (Phi) is 12.9. The number of oxazole rings is 1. The van der Waals surface area contributed by atoms with Crippen molar-refractivity contribution >= 4 is 24.2 Å². The van der Waals surface area contributed by atoms with Gasteiger partial charge in [0, 0.05) is 47.4 Å². The van der Waals surface area contributed by atoms with Gasteiger partial charge in [-0.25, -0.2) is 13.8 Å². The van der Waals surface area contributed by atoms with Gasteiger partial charge in [-0.2, -0.15) is 13.2 Å².